The van der Waals surface area contributed by atoms with Gasteiger partial charge in [-0.2, -0.15) is 5.10 Å². The van der Waals surface area contributed by atoms with Gasteiger partial charge in [-0.1, -0.05) is 11.3 Å². The molecule has 6 nitrogen and oxygen atoms in total. The molecule has 3 aromatic rings. The van der Waals surface area contributed by atoms with E-state index in [0.29, 0.717) is 6.54 Å². The van der Waals surface area contributed by atoms with Crippen LogP contribution in [0.25, 0.3) is 11.3 Å². The molecule has 0 unspecified atom stereocenters. The van der Waals surface area contributed by atoms with Crippen LogP contribution in [0.15, 0.2) is 25.0 Å². The van der Waals surface area contributed by atoms with Gasteiger partial charge in [-0.25, -0.2) is 9.67 Å². The minimum Gasteiger partial charge on any atom is -0.268 e. The SMILES string of the molecule is C=CCn1cc(-c2cn([C@H](C)c3nc4c(s3)CCCC4)nn2)c(C)n1. The van der Waals surface area contributed by atoms with Crippen LogP contribution in [0.1, 0.15) is 47.1 Å². The molecule has 0 saturated heterocycles. The van der Waals surface area contributed by atoms with Crippen molar-refractivity contribution in [3.8, 4) is 11.3 Å². The minimum absolute atomic E-state index is 0.0976. The van der Waals surface area contributed by atoms with Crippen molar-refractivity contribution in [1.82, 2.24) is 29.8 Å². The molecule has 130 valence electrons. The van der Waals surface area contributed by atoms with E-state index in [4.69, 9.17) is 4.98 Å². The molecule has 1 aliphatic rings. The molecule has 3 heterocycles. The number of nitrogens with zero attached hydrogens (tertiary/aromatic N) is 6. The number of fused-ring (bicyclic) bond motifs is 1. The predicted molar refractivity (Wildman–Crippen MR) is 98.7 cm³/mol. The highest BCUT2D eigenvalue weighted by Gasteiger charge is 2.21. The Hall–Kier alpha value is -2.28. The highest BCUT2D eigenvalue weighted by molar-refractivity contribution is 7.11. The summed E-state index contributed by atoms with van der Waals surface area (Å²) in [5, 5.41) is 14.3. The maximum Gasteiger partial charge on any atom is 0.118 e. The first-order valence-corrected chi connectivity index (χ1v) is 9.53. The van der Waals surface area contributed by atoms with Crippen molar-refractivity contribution in [2.45, 2.75) is 52.1 Å². The number of thiazole rings is 1. The van der Waals surface area contributed by atoms with E-state index >= 15 is 0 Å². The van der Waals surface area contributed by atoms with E-state index in [1.165, 1.54) is 29.8 Å². The van der Waals surface area contributed by atoms with Crippen molar-refractivity contribution in [2.24, 2.45) is 0 Å². The number of hydrogen-bond acceptors (Lipinski definition) is 5. The Kier molecular flexibility index (Phi) is 4.25. The molecule has 0 amide bonds. The third-order valence-corrected chi connectivity index (χ3v) is 5.99. The summed E-state index contributed by atoms with van der Waals surface area (Å²) in [6, 6.07) is 0.0976. The smallest absolute Gasteiger partial charge is 0.118 e. The van der Waals surface area contributed by atoms with Crippen molar-refractivity contribution in [3.05, 3.63) is 46.3 Å². The molecule has 1 atom stereocenters. The van der Waals surface area contributed by atoms with Crippen LogP contribution in [0.4, 0.5) is 0 Å². The van der Waals surface area contributed by atoms with E-state index < -0.39 is 0 Å². The molecular formula is C18H22N6S. The fourth-order valence-electron chi connectivity index (χ4n) is 3.25. The van der Waals surface area contributed by atoms with E-state index in [1.54, 1.807) is 0 Å². The molecule has 0 fully saturated rings. The van der Waals surface area contributed by atoms with Crippen LogP contribution in [0.5, 0.6) is 0 Å². The zero-order valence-electron chi connectivity index (χ0n) is 14.6. The Bertz CT molecular complexity index is 879. The molecule has 3 aromatic heterocycles. The van der Waals surface area contributed by atoms with Gasteiger partial charge < -0.3 is 0 Å². The number of allylic oxidation sites excluding steroid dienone is 1. The van der Waals surface area contributed by atoms with E-state index in [2.05, 4.69) is 28.9 Å². The Morgan fingerprint density at radius 3 is 2.96 bits per heavy atom. The standard InChI is InChI=1S/C18H22N6S/c1-4-9-23-10-14(12(2)21-23)16-11-24(22-20-16)13(3)18-19-15-7-5-6-8-17(15)25-18/h4,10-11,13H,1,5-9H2,2-3H3/t13-/m1/s1. The number of hydrogen-bond donors (Lipinski definition) is 0. The molecular weight excluding hydrogens is 332 g/mol. The highest BCUT2D eigenvalue weighted by atomic mass is 32.1. The van der Waals surface area contributed by atoms with Gasteiger partial charge in [0.05, 0.1) is 24.1 Å². The van der Waals surface area contributed by atoms with Crippen molar-refractivity contribution in [3.63, 3.8) is 0 Å². The lowest BCUT2D eigenvalue weighted by Crippen LogP contribution is -2.07. The van der Waals surface area contributed by atoms with Crippen LogP contribution in [-0.4, -0.2) is 29.8 Å². The zero-order chi connectivity index (χ0) is 17.4. The normalized spacial score (nSPS) is 15.1. The summed E-state index contributed by atoms with van der Waals surface area (Å²) in [6.45, 7) is 8.58. The van der Waals surface area contributed by atoms with Gasteiger partial charge in [-0.05, 0) is 39.5 Å². The second kappa shape index (κ2) is 6.55. The molecule has 0 aromatic carbocycles. The second-order valence-electron chi connectivity index (χ2n) is 6.53. The largest absolute Gasteiger partial charge is 0.268 e. The molecule has 25 heavy (non-hydrogen) atoms. The zero-order valence-corrected chi connectivity index (χ0v) is 15.5. The first-order chi connectivity index (χ1) is 12.2. The molecule has 0 bridgehead atoms. The molecule has 7 heteroatoms. The molecule has 0 spiro atoms. The first-order valence-electron chi connectivity index (χ1n) is 8.71. The Morgan fingerprint density at radius 2 is 2.16 bits per heavy atom. The van der Waals surface area contributed by atoms with Gasteiger partial charge in [0.1, 0.15) is 16.7 Å². The third kappa shape index (κ3) is 3.04. The molecule has 0 radical (unpaired) electrons. The lowest BCUT2D eigenvalue weighted by molar-refractivity contribution is 0.539. The van der Waals surface area contributed by atoms with E-state index in [0.717, 1.165) is 28.4 Å². The quantitative estimate of drug-likeness (QED) is 0.657. The van der Waals surface area contributed by atoms with Gasteiger partial charge in [-0.15, -0.1) is 23.0 Å². The maximum atomic E-state index is 4.86. The van der Waals surface area contributed by atoms with Gasteiger partial charge in [0, 0.05) is 16.6 Å². The summed E-state index contributed by atoms with van der Waals surface area (Å²) in [5.74, 6) is 0. The van der Waals surface area contributed by atoms with Crippen molar-refractivity contribution in [1.29, 1.82) is 0 Å². The van der Waals surface area contributed by atoms with Gasteiger partial charge in [0.25, 0.3) is 0 Å². The predicted octanol–water partition coefficient (Wildman–Crippen LogP) is 3.58. The highest BCUT2D eigenvalue weighted by Crippen LogP contribution is 2.31. The Balaban J connectivity index is 1.60. The molecule has 0 aliphatic heterocycles. The Labute approximate surface area is 151 Å². The average Bonchev–Trinajstić information content (AvgIpc) is 3.31. The van der Waals surface area contributed by atoms with Crippen LogP contribution in [0.3, 0.4) is 0 Å². The number of aromatic nitrogens is 6. The van der Waals surface area contributed by atoms with Crippen molar-refractivity contribution in [2.75, 3.05) is 0 Å². The summed E-state index contributed by atoms with van der Waals surface area (Å²) in [7, 11) is 0. The van der Waals surface area contributed by atoms with Crippen molar-refractivity contribution >= 4 is 11.3 Å². The molecule has 1 aliphatic carbocycles. The van der Waals surface area contributed by atoms with E-state index in [9.17, 15) is 0 Å². The van der Waals surface area contributed by atoms with E-state index in [1.807, 2.05) is 46.1 Å². The van der Waals surface area contributed by atoms with Gasteiger partial charge >= 0.3 is 0 Å². The fourth-order valence-corrected chi connectivity index (χ4v) is 4.45. The second-order valence-corrected chi connectivity index (χ2v) is 7.64. The Morgan fingerprint density at radius 1 is 1.32 bits per heavy atom. The molecule has 0 N–H and O–H groups in total. The van der Waals surface area contributed by atoms with Crippen molar-refractivity contribution < 1.29 is 0 Å². The third-order valence-electron chi connectivity index (χ3n) is 4.67. The van der Waals surface area contributed by atoms with Gasteiger partial charge in [0.15, 0.2) is 0 Å². The number of rotatable bonds is 5. The monoisotopic (exact) mass is 354 g/mol. The topological polar surface area (TPSA) is 61.4 Å². The summed E-state index contributed by atoms with van der Waals surface area (Å²) < 4.78 is 3.78. The summed E-state index contributed by atoms with van der Waals surface area (Å²) in [4.78, 5) is 6.31. The van der Waals surface area contributed by atoms with Crippen LogP contribution in [-0.2, 0) is 19.4 Å². The van der Waals surface area contributed by atoms with Gasteiger partial charge in [-0.3, -0.25) is 4.68 Å². The van der Waals surface area contributed by atoms with Gasteiger partial charge in [0.2, 0.25) is 0 Å². The van der Waals surface area contributed by atoms with Crippen LogP contribution >= 0.6 is 11.3 Å². The fraction of sp³-hybridized carbons (Fsp3) is 0.444. The summed E-state index contributed by atoms with van der Waals surface area (Å²) in [5.41, 5.74) is 4.10. The number of aryl methyl sites for hydroxylation is 3. The average molecular weight is 354 g/mol. The lowest BCUT2D eigenvalue weighted by atomic mass is 10.0. The maximum absolute atomic E-state index is 4.86. The first kappa shape index (κ1) is 16.2. The van der Waals surface area contributed by atoms with Crippen LogP contribution < -0.4 is 0 Å². The molecule has 0 saturated carbocycles. The van der Waals surface area contributed by atoms with Crippen LogP contribution in [0.2, 0.25) is 0 Å². The molecule has 4 rings (SSSR count). The minimum atomic E-state index is 0.0976. The van der Waals surface area contributed by atoms with Crippen LogP contribution in [0, 0.1) is 6.92 Å². The summed E-state index contributed by atoms with van der Waals surface area (Å²) >= 11 is 1.83. The summed E-state index contributed by atoms with van der Waals surface area (Å²) in [6.07, 6.45) is 10.6. The lowest BCUT2D eigenvalue weighted by Gasteiger charge is -2.07. The van der Waals surface area contributed by atoms with E-state index in [-0.39, 0.29) is 6.04 Å².